The molecule has 0 unspecified atom stereocenters. The number of halogens is 1. The van der Waals surface area contributed by atoms with Gasteiger partial charge in [0, 0.05) is 16.9 Å². The van der Waals surface area contributed by atoms with E-state index in [1.54, 1.807) is 18.3 Å². The number of carbonyl (C=O) groups excluding carboxylic acids is 1. The molecule has 0 spiro atoms. The number of carbonyl (C=O) groups is 1. The van der Waals surface area contributed by atoms with Gasteiger partial charge in [-0.2, -0.15) is 5.10 Å². The lowest BCUT2D eigenvalue weighted by Gasteiger charge is -2.07. The van der Waals surface area contributed by atoms with Crippen LogP contribution in [0.15, 0.2) is 30.6 Å². The largest absolute Gasteiger partial charge is 0.323 e. The van der Waals surface area contributed by atoms with E-state index in [4.69, 9.17) is 11.6 Å². The van der Waals surface area contributed by atoms with E-state index in [0.29, 0.717) is 16.4 Å². The second-order valence-corrected chi connectivity index (χ2v) is 3.94. The third kappa shape index (κ3) is 2.98. The molecule has 1 aromatic carbocycles. The van der Waals surface area contributed by atoms with Crippen LogP contribution in [0.2, 0.25) is 5.02 Å². The number of benzene rings is 1. The molecule has 2 aromatic rings. The summed E-state index contributed by atoms with van der Waals surface area (Å²) in [6.07, 6.45) is 3.10. The number of H-pyrrole nitrogens is 1. The van der Waals surface area contributed by atoms with Gasteiger partial charge in [-0.3, -0.25) is 5.10 Å². The number of aryl methyl sites for hydroxylation is 1. The Labute approximate surface area is 103 Å². The van der Waals surface area contributed by atoms with Crippen molar-refractivity contribution in [1.29, 1.82) is 0 Å². The molecule has 0 bridgehead atoms. The van der Waals surface area contributed by atoms with Crippen molar-refractivity contribution in [2.24, 2.45) is 0 Å². The number of anilines is 2. The fourth-order valence-corrected chi connectivity index (χ4v) is 1.46. The molecule has 0 atom stereocenters. The molecule has 0 radical (unpaired) electrons. The highest BCUT2D eigenvalue weighted by molar-refractivity contribution is 6.31. The molecule has 17 heavy (non-hydrogen) atoms. The molecule has 0 fully saturated rings. The highest BCUT2D eigenvalue weighted by atomic mass is 35.5. The zero-order valence-corrected chi connectivity index (χ0v) is 9.88. The number of hydrogen-bond acceptors (Lipinski definition) is 2. The molecular weight excluding hydrogens is 240 g/mol. The van der Waals surface area contributed by atoms with Crippen molar-refractivity contribution in [3.8, 4) is 0 Å². The SMILES string of the molecule is Cc1ccc(NC(=O)Nc2cn[nH]c2)cc1Cl. The number of nitrogens with zero attached hydrogens (tertiary/aromatic N) is 1. The topological polar surface area (TPSA) is 69.8 Å². The lowest BCUT2D eigenvalue weighted by atomic mass is 10.2. The van der Waals surface area contributed by atoms with Gasteiger partial charge in [0.1, 0.15) is 0 Å². The minimum Gasteiger partial charge on any atom is -0.308 e. The average molecular weight is 251 g/mol. The third-order valence-corrected chi connectivity index (χ3v) is 2.59. The van der Waals surface area contributed by atoms with Crippen molar-refractivity contribution in [3.63, 3.8) is 0 Å². The van der Waals surface area contributed by atoms with E-state index >= 15 is 0 Å². The van der Waals surface area contributed by atoms with E-state index in [1.807, 2.05) is 13.0 Å². The Morgan fingerprint density at radius 2 is 2.12 bits per heavy atom. The van der Waals surface area contributed by atoms with Gasteiger partial charge in [-0.1, -0.05) is 17.7 Å². The van der Waals surface area contributed by atoms with Crippen molar-refractivity contribution in [1.82, 2.24) is 10.2 Å². The number of urea groups is 1. The Morgan fingerprint density at radius 1 is 1.35 bits per heavy atom. The first-order chi connectivity index (χ1) is 8.15. The number of amides is 2. The lowest BCUT2D eigenvalue weighted by Crippen LogP contribution is -2.19. The summed E-state index contributed by atoms with van der Waals surface area (Å²) in [6, 6.07) is 4.99. The quantitative estimate of drug-likeness (QED) is 0.767. The van der Waals surface area contributed by atoms with E-state index in [-0.39, 0.29) is 6.03 Å². The van der Waals surface area contributed by atoms with Gasteiger partial charge in [-0.25, -0.2) is 4.79 Å². The van der Waals surface area contributed by atoms with Crippen LogP contribution in [0, 0.1) is 6.92 Å². The number of hydrogen-bond donors (Lipinski definition) is 3. The standard InChI is InChI=1S/C11H11ClN4O/c1-7-2-3-8(4-10(7)12)15-11(17)16-9-5-13-14-6-9/h2-6H,1H3,(H,13,14)(H2,15,16,17). The fraction of sp³-hybridized carbons (Fsp3) is 0.0909. The summed E-state index contributed by atoms with van der Waals surface area (Å²) in [5.74, 6) is 0. The zero-order valence-electron chi connectivity index (χ0n) is 9.12. The maximum absolute atomic E-state index is 11.6. The Hall–Kier alpha value is -2.01. The summed E-state index contributed by atoms with van der Waals surface area (Å²) >= 11 is 5.95. The molecular formula is C11H11ClN4O. The average Bonchev–Trinajstić information content (AvgIpc) is 2.76. The Kier molecular flexibility index (Phi) is 3.30. The molecule has 0 saturated heterocycles. The number of rotatable bonds is 2. The van der Waals surface area contributed by atoms with Crippen LogP contribution in [-0.4, -0.2) is 16.2 Å². The maximum Gasteiger partial charge on any atom is 0.323 e. The summed E-state index contributed by atoms with van der Waals surface area (Å²) in [4.78, 5) is 11.6. The molecule has 0 aliphatic heterocycles. The van der Waals surface area contributed by atoms with Crippen LogP contribution in [0.5, 0.6) is 0 Å². The first kappa shape index (κ1) is 11.5. The third-order valence-electron chi connectivity index (χ3n) is 2.19. The number of nitrogens with one attached hydrogen (secondary N) is 3. The lowest BCUT2D eigenvalue weighted by molar-refractivity contribution is 0.262. The highest BCUT2D eigenvalue weighted by Crippen LogP contribution is 2.20. The normalized spacial score (nSPS) is 10.0. The Bertz CT molecular complexity index is 524. The van der Waals surface area contributed by atoms with E-state index in [0.717, 1.165) is 5.56 Å². The van der Waals surface area contributed by atoms with Crippen LogP contribution in [0.1, 0.15) is 5.56 Å². The summed E-state index contributed by atoms with van der Waals surface area (Å²) < 4.78 is 0. The van der Waals surface area contributed by atoms with Gasteiger partial charge in [0.15, 0.2) is 0 Å². The van der Waals surface area contributed by atoms with Crippen LogP contribution < -0.4 is 10.6 Å². The summed E-state index contributed by atoms with van der Waals surface area (Å²) in [5, 5.41) is 12.2. The minimum absolute atomic E-state index is 0.341. The van der Waals surface area contributed by atoms with Crippen molar-refractivity contribution < 1.29 is 4.79 Å². The number of aromatic nitrogens is 2. The molecule has 6 heteroatoms. The molecule has 88 valence electrons. The van der Waals surface area contributed by atoms with Crippen LogP contribution in [0.25, 0.3) is 0 Å². The first-order valence-electron chi connectivity index (χ1n) is 4.98. The van der Waals surface area contributed by atoms with Gasteiger partial charge >= 0.3 is 6.03 Å². The van der Waals surface area contributed by atoms with Crippen LogP contribution in [0.3, 0.4) is 0 Å². The predicted molar refractivity (Wildman–Crippen MR) is 67.4 cm³/mol. The minimum atomic E-state index is -0.341. The van der Waals surface area contributed by atoms with Crippen molar-refractivity contribution in [2.75, 3.05) is 10.6 Å². The van der Waals surface area contributed by atoms with Crippen molar-refractivity contribution in [2.45, 2.75) is 6.92 Å². The summed E-state index contributed by atoms with van der Waals surface area (Å²) in [5.41, 5.74) is 2.20. The summed E-state index contributed by atoms with van der Waals surface area (Å²) in [6.45, 7) is 1.90. The molecule has 0 saturated carbocycles. The zero-order chi connectivity index (χ0) is 12.3. The van der Waals surface area contributed by atoms with Gasteiger partial charge in [-0.15, -0.1) is 0 Å². The van der Waals surface area contributed by atoms with Crippen molar-refractivity contribution in [3.05, 3.63) is 41.2 Å². The van der Waals surface area contributed by atoms with Gasteiger partial charge in [0.05, 0.1) is 11.9 Å². The van der Waals surface area contributed by atoms with Gasteiger partial charge in [-0.05, 0) is 24.6 Å². The van der Waals surface area contributed by atoms with Gasteiger partial charge < -0.3 is 10.6 Å². The molecule has 3 N–H and O–H groups in total. The first-order valence-corrected chi connectivity index (χ1v) is 5.36. The molecule has 1 aromatic heterocycles. The van der Waals surface area contributed by atoms with E-state index in [1.165, 1.54) is 6.20 Å². The second kappa shape index (κ2) is 4.88. The Balaban J connectivity index is 2.00. The monoisotopic (exact) mass is 250 g/mol. The molecule has 0 aliphatic rings. The van der Waals surface area contributed by atoms with E-state index in [2.05, 4.69) is 20.8 Å². The molecule has 2 rings (SSSR count). The molecule has 2 amide bonds. The van der Waals surface area contributed by atoms with Crippen LogP contribution in [-0.2, 0) is 0 Å². The fourth-order valence-electron chi connectivity index (χ4n) is 1.28. The molecule has 1 heterocycles. The van der Waals surface area contributed by atoms with E-state index < -0.39 is 0 Å². The van der Waals surface area contributed by atoms with E-state index in [9.17, 15) is 4.79 Å². The predicted octanol–water partition coefficient (Wildman–Crippen LogP) is 3.02. The molecule has 5 nitrogen and oxygen atoms in total. The maximum atomic E-state index is 11.6. The van der Waals surface area contributed by atoms with Crippen LogP contribution in [0.4, 0.5) is 16.2 Å². The summed E-state index contributed by atoms with van der Waals surface area (Å²) in [7, 11) is 0. The number of aromatic amines is 1. The second-order valence-electron chi connectivity index (χ2n) is 3.53. The molecule has 0 aliphatic carbocycles. The Morgan fingerprint density at radius 3 is 2.76 bits per heavy atom. The van der Waals surface area contributed by atoms with Gasteiger partial charge in [0.2, 0.25) is 0 Å². The highest BCUT2D eigenvalue weighted by Gasteiger charge is 2.04. The van der Waals surface area contributed by atoms with Crippen LogP contribution >= 0.6 is 11.6 Å². The smallest absolute Gasteiger partial charge is 0.308 e. The van der Waals surface area contributed by atoms with Gasteiger partial charge in [0.25, 0.3) is 0 Å². The van der Waals surface area contributed by atoms with Crippen molar-refractivity contribution >= 4 is 29.0 Å².